The zero-order valence-electron chi connectivity index (χ0n) is 19.5. The van der Waals surface area contributed by atoms with Crippen molar-refractivity contribution in [2.75, 3.05) is 20.7 Å². The number of rotatable bonds is 8. The van der Waals surface area contributed by atoms with Gasteiger partial charge < -0.3 is 23.9 Å². The van der Waals surface area contributed by atoms with E-state index in [2.05, 4.69) is 15.5 Å². The van der Waals surface area contributed by atoms with Crippen LogP contribution in [0.1, 0.15) is 41.0 Å². The van der Waals surface area contributed by atoms with E-state index in [4.69, 9.17) is 13.7 Å². The minimum atomic E-state index is -0.353. The van der Waals surface area contributed by atoms with Crippen LogP contribution in [0.3, 0.4) is 0 Å². The maximum Gasteiger partial charge on any atom is 0.259 e. The van der Waals surface area contributed by atoms with Crippen LogP contribution in [0.5, 0.6) is 5.75 Å². The molecule has 9 nitrogen and oxygen atoms in total. The molecular weight excluding hydrogens is 436 g/mol. The number of para-hydroxylation sites is 1. The molecule has 1 atom stereocenters. The number of hydrogen-bond acceptors (Lipinski definition) is 7. The summed E-state index contributed by atoms with van der Waals surface area (Å²) in [7, 11) is 3.34. The fourth-order valence-corrected chi connectivity index (χ4v) is 3.63. The van der Waals surface area contributed by atoms with Gasteiger partial charge >= 0.3 is 0 Å². The van der Waals surface area contributed by atoms with E-state index >= 15 is 0 Å². The lowest BCUT2D eigenvalue weighted by Gasteiger charge is -2.21. The number of hydrogen-bond donors (Lipinski definition) is 1. The van der Waals surface area contributed by atoms with Crippen LogP contribution in [0.25, 0.3) is 22.6 Å². The van der Waals surface area contributed by atoms with Gasteiger partial charge in [0.1, 0.15) is 11.4 Å². The van der Waals surface area contributed by atoms with E-state index in [1.165, 1.54) is 11.2 Å². The number of benzene rings is 1. The summed E-state index contributed by atoms with van der Waals surface area (Å²) in [5, 5.41) is 7.62. The van der Waals surface area contributed by atoms with Gasteiger partial charge in [-0.15, -0.1) is 0 Å². The number of pyridine rings is 1. The summed E-state index contributed by atoms with van der Waals surface area (Å²) in [5.74, 6) is 0.598. The maximum absolute atomic E-state index is 13.5. The third-order valence-corrected chi connectivity index (χ3v) is 5.49. The second-order valence-electron chi connectivity index (χ2n) is 8.03. The average molecular weight is 463 g/mol. The molecule has 0 aliphatic heterocycles. The number of carbonyl (C=O) groups is 2. The molecule has 176 valence electrons. The Kier molecular flexibility index (Phi) is 6.62. The summed E-state index contributed by atoms with van der Waals surface area (Å²) in [4.78, 5) is 31.4. The van der Waals surface area contributed by atoms with E-state index in [1.807, 2.05) is 25.1 Å². The predicted molar refractivity (Wildman–Crippen MR) is 125 cm³/mol. The highest BCUT2D eigenvalue weighted by atomic mass is 16.5. The van der Waals surface area contributed by atoms with Crippen molar-refractivity contribution < 1.29 is 23.3 Å². The van der Waals surface area contributed by atoms with E-state index in [0.29, 0.717) is 40.3 Å². The lowest BCUT2D eigenvalue weighted by atomic mass is 10.0. The zero-order valence-corrected chi connectivity index (χ0v) is 19.5. The topological polar surface area (TPSA) is 111 Å². The Morgan fingerprint density at radius 3 is 2.68 bits per heavy atom. The van der Waals surface area contributed by atoms with Crippen LogP contribution in [-0.2, 0) is 4.79 Å². The number of amides is 2. The molecule has 0 aliphatic rings. The second kappa shape index (κ2) is 9.78. The van der Waals surface area contributed by atoms with Gasteiger partial charge in [-0.05, 0) is 37.6 Å². The molecule has 34 heavy (non-hydrogen) atoms. The van der Waals surface area contributed by atoms with E-state index in [-0.39, 0.29) is 30.2 Å². The largest absolute Gasteiger partial charge is 0.483 e. The third kappa shape index (κ3) is 4.63. The highest BCUT2D eigenvalue weighted by molar-refractivity contribution is 6.07. The molecule has 1 N–H and O–H groups in total. The van der Waals surface area contributed by atoms with Crippen molar-refractivity contribution in [3.8, 4) is 17.2 Å². The van der Waals surface area contributed by atoms with Gasteiger partial charge in [0.15, 0.2) is 12.4 Å². The number of nitrogens with zero attached hydrogens (tertiary/aromatic N) is 3. The smallest absolute Gasteiger partial charge is 0.259 e. The van der Waals surface area contributed by atoms with E-state index in [0.717, 1.165) is 5.56 Å². The molecule has 0 bridgehead atoms. The van der Waals surface area contributed by atoms with Crippen LogP contribution in [0.4, 0.5) is 0 Å². The highest BCUT2D eigenvalue weighted by Crippen LogP contribution is 2.30. The van der Waals surface area contributed by atoms with E-state index in [9.17, 15) is 9.59 Å². The monoisotopic (exact) mass is 462 g/mol. The van der Waals surface area contributed by atoms with Gasteiger partial charge in [0.2, 0.25) is 0 Å². The molecule has 2 amide bonds. The van der Waals surface area contributed by atoms with Crippen LogP contribution in [-0.4, -0.2) is 47.6 Å². The first-order valence-corrected chi connectivity index (χ1v) is 10.9. The molecule has 0 aliphatic carbocycles. The van der Waals surface area contributed by atoms with Crippen molar-refractivity contribution in [1.29, 1.82) is 0 Å². The van der Waals surface area contributed by atoms with Gasteiger partial charge in [-0.1, -0.05) is 30.3 Å². The van der Waals surface area contributed by atoms with Crippen molar-refractivity contribution in [3.63, 3.8) is 0 Å². The molecule has 0 radical (unpaired) electrons. The molecule has 0 spiro atoms. The van der Waals surface area contributed by atoms with Gasteiger partial charge in [0.05, 0.1) is 28.9 Å². The number of nitrogens with one attached hydrogen (secondary N) is 1. The Morgan fingerprint density at radius 2 is 1.97 bits per heavy atom. The van der Waals surface area contributed by atoms with Crippen molar-refractivity contribution in [1.82, 2.24) is 20.4 Å². The summed E-state index contributed by atoms with van der Waals surface area (Å²) in [5.41, 5.74) is 2.46. The molecule has 4 aromatic rings. The van der Waals surface area contributed by atoms with Crippen LogP contribution in [0.2, 0.25) is 0 Å². The number of likely N-dealkylation sites (N-methyl/N-ethyl adjacent to an activating group) is 1. The Hall–Kier alpha value is -4.14. The number of fused-ring (bicyclic) bond motifs is 1. The fourth-order valence-electron chi connectivity index (χ4n) is 3.63. The number of aryl methyl sites for hydroxylation is 1. The molecular formula is C25H26N4O5. The molecule has 1 aromatic carbocycles. The molecule has 0 fully saturated rings. The standard InChI is InChI=1S/C25H26N4O5/c1-5-18(16-9-6-7-10-20(16)33-14-22(30)29(3)4)26-24(31)17-13-19(21-11-8-12-32-21)27-25-23(17)15(2)28-34-25/h6-13,18H,5,14H2,1-4H3,(H,26,31). The summed E-state index contributed by atoms with van der Waals surface area (Å²) in [6.45, 7) is 3.64. The minimum absolute atomic E-state index is 0.0915. The highest BCUT2D eigenvalue weighted by Gasteiger charge is 2.24. The normalized spacial score (nSPS) is 11.9. The molecule has 9 heteroatoms. The third-order valence-electron chi connectivity index (χ3n) is 5.49. The Balaban J connectivity index is 1.65. The van der Waals surface area contributed by atoms with E-state index < -0.39 is 0 Å². The first kappa shape index (κ1) is 23.0. The number of ether oxygens (including phenoxy) is 1. The average Bonchev–Trinajstić information content (AvgIpc) is 3.51. The van der Waals surface area contributed by atoms with Crippen molar-refractivity contribution in [2.45, 2.75) is 26.3 Å². The van der Waals surface area contributed by atoms with Gasteiger partial charge in [0.25, 0.3) is 17.5 Å². The van der Waals surface area contributed by atoms with E-state index in [1.54, 1.807) is 45.3 Å². The van der Waals surface area contributed by atoms with Crippen LogP contribution < -0.4 is 10.1 Å². The quantitative estimate of drug-likeness (QED) is 0.419. The fraction of sp³-hybridized carbons (Fsp3) is 0.280. The van der Waals surface area contributed by atoms with Gasteiger partial charge in [-0.2, -0.15) is 0 Å². The van der Waals surface area contributed by atoms with Gasteiger partial charge in [-0.25, -0.2) is 4.98 Å². The summed E-state index contributed by atoms with van der Waals surface area (Å²) < 4.78 is 16.6. The van der Waals surface area contributed by atoms with Crippen LogP contribution in [0, 0.1) is 6.92 Å². The Bertz CT molecular complexity index is 1310. The maximum atomic E-state index is 13.5. The summed E-state index contributed by atoms with van der Waals surface area (Å²) >= 11 is 0. The molecule has 0 saturated carbocycles. The number of aromatic nitrogens is 2. The first-order chi connectivity index (χ1) is 16.4. The zero-order chi connectivity index (χ0) is 24.2. The van der Waals surface area contributed by atoms with Crippen molar-refractivity contribution >= 4 is 22.9 Å². The lowest BCUT2D eigenvalue weighted by Crippen LogP contribution is -2.30. The number of furan rings is 1. The predicted octanol–water partition coefficient (Wildman–Crippen LogP) is 4.14. The van der Waals surface area contributed by atoms with Gasteiger partial charge in [-0.3, -0.25) is 9.59 Å². The first-order valence-electron chi connectivity index (χ1n) is 10.9. The summed E-state index contributed by atoms with van der Waals surface area (Å²) in [6, 6.07) is 12.2. The molecule has 3 aromatic heterocycles. The van der Waals surface area contributed by atoms with Gasteiger partial charge in [0, 0.05) is 19.7 Å². The lowest BCUT2D eigenvalue weighted by molar-refractivity contribution is -0.130. The molecule has 1 unspecified atom stereocenters. The molecule has 4 rings (SSSR count). The Morgan fingerprint density at radius 1 is 1.18 bits per heavy atom. The Labute approximate surface area is 196 Å². The van der Waals surface area contributed by atoms with Crippen LogP contribution in [0.15, 0.2) is 57.7 Å². The van der Waals surface area contributed by atoms with Crippen molar-refractivity contribution in [3.05, 3.63) is 65.5 Å². The molecule has 3 heterocycles. The molecule has 0 saturated heterocycles. The second-order valence-corrected chi connectivity index (χ2v) is 8.03. The summed E-state index contributed by atoms with van der Waals surface area (Å²) in [6.07, 6.45) is 2.15. The number of carbonyl (C=O) groups excluding carboxylic acids is 2. The minimum Gasteiger partial charge on any atom is -0.483 e. The van der Waals surface area contributed by atoms with Crippen molar-refractivity contribution in [2.24, 2.45) is 0 Å². The SMILES string of the molecule is CCC(NC(=O)c1cc(-c2ccco2)nc2onc(C)c12)c1ccccc1OCC(=O)N(C)C. The van der Waals surface area contributed by atoms with Crippen LogP contribution >= 0.6 is 0 Å².